The van der Waals surface area contributed by atoms with Gasteiger partial charge in [0.1, 0.15) is 97.4 Å². The maximum absolute atomic E-state index is 13.3. The minimum atomic E-state index is -5.15. The first kappa shape index (κ1) is 66.4. The Labute approximate surface area is 448 Å². The van der Waals surface area contributed by atoms with Crippen molar-refractivity contribution in [2.45, 2.75) is 240 Å². The molecule has 14 N–H and O–H groups in total. The molecule has 28 nitrogen and oxygen atoms in total. The number of ether oxygens (including phenoxy) is 7. The van der Waals surface area contributed by atoms with Crippen LogP contribution in [0.25, 0.3) is 0 Å². The van der Waals surface area contributed by atoms with E-state index in [1.165, 1.54) is 38.5 Å². The van der Waals surface area contributed by atoms with Gasteiger partial charge in [0.25, 0.3) is 0 Å². The Morgan fingerprint density at radius 1 is 0.494 bits per heavy atom. The van der Waals surface area contributed by atoms with Crippen molar-refractivity contribution in [3.8, 4) is 0 Å². The maximum atomic E-state index is 13.3. The largest absolute Gasteiger partial charge is 0.397 e. The van der Waals surface area contributed by atoms with Crippen LogP contribution in [0.4, 0.5) is 0 Å². The van der Waals surface area contributed by atoms with Crippen LogP contribution in [-0.4, -0.2) is 232 Å². The normalized spacial score (nSPS) is 35.8. The maximum Gasteiger partial charge on any atom is 0.397 e. The van der Waals surface area contributed by atoms with Gasteiger partial charge in [0.05, 0.1) is 26.4 Å². The monoisotopic (exact) mass is 1130 g/mol. The van der Waals surface area contributed by atoms with Crippen LogP contribution in [0.15, 0.2) is 12.2 Å². The molecule has 0 aromatic heterocycles. The van der Waals surface area contributed by atoms with Gasteiger partial charge in [0.15, 0.2) is 25.2 Å². The number of unbranched alkanes of at least 4 members (excludes halogenated alkanes) is 11. The second kappa shape index (κ2) is 32.9. The van der Waals surface area contributed by atoms with Gasteiger partial charge in [0, 0.05) is 27.2 Å². The van der Waals surface area contributed by atoms with E-state index in [-0.39, 0.29) is 6.42 Å². The minimum Gasteiger partial charge on any atom is -0.394 e. The summed E-state index contributed by atoms with van der Waals surface area (Å²) in [6.45, 7) is 1.42. The Bertz CT molecular complexity index is 1940. The first-order valence-electron chi connectivity index (χ1n) is 26.4. The molecule has 20 atom stereocenters. The Morgan fingerprint density at radius 3 is 1.32 bits per heavy atom. The molecule has 0 aromatic carbocycles. The molecule has 29 heteroatoms. The van der Waals surface area contributed by atoms with E-state index in [1.54, 1.807) is 0 Å². The van der Waals surface area contributed by atoms with Crippen molar-refractivity contribution < 1.29 is 115 Å². The van der Waals surface area contributed by atoms with Crippen molar-refractivity contribution in [2.24, 2.45) is 0 Å². The molecular weight excluding hydrogens is 1050 g/mol. The Kier molecular flexibility index (Phi) is 28.4. The van der Waals surface area contributed by atoms with Crippen LogP contribution in [-0.2, 0) is 66.9 Å². The highest BCUT2D eigenvalue weighted by molar-refractivity contribution is 7.80. The predicted octanol–water partition coefficient (Wildman–Crippen LogP) is -3.33. The highest BCUT2D eigenvalue weighted by Gasteiger charge is 2.56. The lowest BCUT2D eigenvalue weighted by molar-refractivity contribution is -0.361. The van der Waals surface area contributed by atoms with Crippen molar-refractivity contribution in [2.75, 3.05) is 26.4 Å². The molecule has 0 spiro atoms. The van der Waals surface area contributed by atoms with Gasteiger partial charge in [-0.15, -0.1) is 0 Å². The van der Waals surface area contributed by atoms with Crippen LogP contribution in [0.5, 0.6) is 0 Å². The molecule has 4 saturated heterocycles. The third kappa shape index (κ3) is 20.4. The molecule has 4 heterocycles. The average molecular weight is 1130 g/mol. The number of aliphatic hydroxyl groups excluding tert-OH is 9. The van der Waals surface area contributed by atoms with Crippen LogP contribution in [0.3, 0.4) is 0 Å². The van der Waals surface area contributed by atoms with Crippen molar-refractivity contribution >= 4 is 34.0 Å². The van der Waals surface area contributed by atoms with Gasteiger partial charge in [-0.25, -0.2) is 4.18 Å². The SMILES string of the molecule is CCCCCCCC/C=C\CCCCCCCC(=O)NC1C(OC2C(CO)OC(OC3C(CO)OC(OC4C(COS(=O)(=O)O)OC(O)C(NC(C)=O)C4O)C(NC(C)=O)C3O)C(NC(C)=O)C2O)OC(CO)C(O)C1O. The average Bonchev–Trinajstić information content (AvgIpc) is 3.37. The fourth-order valence-corrected chi connectivity index (χ4v) is 10.00. The number of amides is 4. The zero-order valence-electron chi connectivity index (χ0n) is 44.0. The summed E-state index contributed by atoms with van der Waals surface area (Å²) in [4.78, 5) is 50.5. The lowest BCUT2D eigenvalue weighted by atomic mass is 9.93. The van der Waals surface area contributed by atoms with E-state index >= 15 is 0 Å². The van der Waals surface area contributed by atoms with E-state index in [2.05, 4.69) is 44.5 Å². The Morgan fingerprint density at radius 2 is 0.883 bits per heavy atom. The number of nitrogens with one attached hydrogen (secondary N) is 4. The molecule has 77 heavy (non-hydrogen) atoms. The van der Waals surface area contributed by atoms with Crippen molar-refractivity contribution in [1.29, 1.82) is 0 Å². The summed E-state index contributed by atoms with van der Waals surface area (Å²) >= 11 is 0. The molecule has 0 bridgehead atoms. The summed E-state index contributed by atoms with van der Waals surface area (Å²) in [5.41, 5.74) is 0. The fourth-order valence-electron chi connectivity index (χ4n) is 9.69. The highest BCUT2D eigenvalue weighted by atomic mass is 32.3. The number of hydrogen-bond donors (Lipinski definition) is 14. The molecule has 4 amide bonds. The molecule has 4 rings (SSSR count). The second-order valence-electron chi connectivity index (χ2n) is 19.8. The number of carbonyl (C=O) groups is 4. The molecule has 446 valence electrons. The van der Waals surface area contributed by atoms with Gasteiger partial charge < -0.3 is 100 Å². The van der Waals surface area contributed by atoms with Gasteiger partial charge in [-0.1, -0.05) is 70.4 Å². The molecule has 0 aliphatic carbocycles. The number of rotatable bonds is 31. The lowest BCUT2D eigenvalue weighted by Crippen LogP contribution is -2.71. The van der Waals surface area contributed by atoms with Crippen LogP contribution < -0.4 is 21.3 Å². The molecule has 0 radical (unpaired) electrons. The number of carbonyl (C=O) groups excluding carboxylic acids is 4. The molecule has 4 fully saturated rings. The summed E-state index contributed by atoms with van der Waals surface area (Å²) in [5, 5.41) is 109. The fraction of sp³-hybridized carbons (Fsp3) is 0.875. The summed E-state index contributed by atoms with van der Waals surface area (Å²) in [5.74, 6) is -2.91. The van der Waals surface area contributed by atoms with E-state index in [0.29, 0.717) is 6.42 Å². The zero-order chi connectivity index (χ0) is 57.0. The minimum absolute atomic E-state index is 0.0274. The molecular formula is C48H84N4O24S. The third-order valence-corrected chi connectivity index (χ3v) is 14.1. The van der Waals surface area contributed by atoms with Gasteiger partial charge in [0.2, 0.25) is 23.6 Å². The summed E-state index contributed by atoms with van der Waals surface area (Å²) < 4.78 is 77.9. The molecule has 0 saturated carbocycles. The van der Waals surface area contributed by atoms with Crippen LogP contribution in [0.1, 0.15) is 118 Å². The quantitative estimate of drug-likeness (QED) is 0.0183. The van der Waals surface area contributed by atoms with Gasteiger partial charge >= 0.3 is 10.4 Å². The molecule has 4 aliphatic heterocycles. The molecule has 4 aliphatic rings. The second-order valence-corrected chi connectivity index (χ2v) is 20.9. The first-order chi connectivity index (χ1) is 36.5. The summed E-state index contributed by atoms with van der Waals surface area (Å²) in [6, 6.07) is -6.58. The van der Waals surface area contributed by atoms with Crippen molar-refractivity contribution in [1.82, 2.24) is 21.3 Å². The van der Waals surface area contributed by atoms with E-state index in [9.17, 15) is 78.1 Å². The Balaban J connectivity index is 1.47. The first-order valence-corrected chi connectivity index (χ1v) is 27.8. The molecule has 20 unspecified atom stereocenters. The molecule has 0 aromatic rings. The highest BCUT2D eigenvalue weighted by Crippen LogP contribution is 2.35. The van der Waals surface area contributed by atoms with E-state index < -0.39 is 183 Å². The van der Waals surface area contributed by atoms with Gasteiger partial charge in [-0.2, -0.15) is 8.42 Å². The number of hydrogen-bond acceptors (Lipinski definition) is 23. The van der Waals surface area contributed by atoms with Crippen LogP contribution in [0, 0.1) is 0 Å². The van der Waals surface area contributed by atoms with E-state index in [0.717, 1.165) is 59.3 Å². The van der Waals surface area contributed by atoms with Crippen LogP contribution >= 0.6 is 0 Å². The number of allylic oxidation sites excluding steroid dienone is 2. The van der Waals surface area contributed by atoms with Crippen molar-refractivity contribution in [3.05, 3.63) is 12.2 Å². The van der Waals surface area contributed by atoms with E-state index in [1.807, 2.05) is 0 Å². The van der Waals surface area contributed by atoms with Crippen LogP contribution in [0.2, 0.25) is 0 Å². The predicted molar refractivity (Wildman–Crippen MR) is 264 cm³/mol. The number of aliphatic hydroxyl groups is 9. The van der Waals surface area contributed by atoms with Crippen molar-refractivity contribution in [3.63, 3.8) is 0 Å². The summed E-state index contributed by atoms with van der Waals surface area (Å²) in [6.07, 6.45) is -10.8. The summed E-state index contributed by atoms with van der Waals surface area (Å²) in [7, 11) is -5.15. The smallest absolute Gasteiger partial charge is 0.394 e. The van der Waals surface area contributed by atoms with Gasteiger partial charge in [-0.3, -0.25) is 23.7 Å². The Hall–Kier alpha value is -3.15. The topological polar surface area (TPSA) is 427 Å². The zero-order valence-corrected chi connectivity index (χ0v) is 44.8. The third-order valence-electron chi connectivity index (χ3n) is 13.6. The van der Waals surface area contributed by atoms with Gasteiger partial charge in [-0.05, 0) is 32.1 Å². The lowest BCUT2D eigenvalue weighted by Gasteiger charge is -2.51. The van der Waals surface area contributed by atoms with E-state index in [4.69, 9.17) is 33.2 Å². The standard InChI is InChI=1S/C48H84N4O24S/c1-5-6-7-8-9-10-11-12-13-14-15-16-17-18-19-20-32(59)52-34-38(61)37(60)28(21-53)71-46(34)74-42-29(22-54)72-47(35(40(42)63)50-26(3)57)75-43-30(23-55)73-48(36(41(43)64)51-27(4)58)76-44-31(24-69-77(66,67)68)70-45(65)33(39(44)62)49-25(2)56/h12-13,28-31,33-48,53-55,60-65H,5-11,14-24H2,1-4H3,(H,49,56)(H,50,57)(H,51,58)(H,52,59)(H,66,67,68)/b13-12-.